The van der Waals surface area contributed by atoms with E-state index >= 15 is 0 Å². The van der Waals surface area contributed by atoms with Crippen LogP contribution in [0.15, 0.2) is 18.2 Å². The molecule has 0 bridgehead atoms. The molecule has 1 aliphatic rings. The van der Waals surface area contributed by atoms with Crippen LogP contribution in [-0.2, 0) is 0 Å². The Bertz CT molecular complexity index is 824. The molecule has 0 radical (unpaired) electrons. The quantitative estimate of drug-likeness (QED) is 0.783. The number of benzene rings is 1. The molecular formula is C16H20N6S. The van der Waals surface area contributed by atoms with Crippen molar-refractivity contribution in [1.82, 2.24) is 19.7 Å². The van der Waals surface area contributed by atoms with Crippen LogP contribution in [0.1, 0.15) is 30.3 Å². The second kappa shape index (κ2) is 5.49. The number of hydrogen-bond acceptors (Lipinski definition) is 6. The highest BCUT2D eigenvalue weighted by molar-refractivity contribution is 7.22. The Morgan fingerprint density at radius 3 is 2.65 bits per heavy atom. The molecule has 23 heavy (non-hydrogen) atoms. The molecule has 1 fully saturated rings. The van der Waals surface area contributed by atoms with Gasteiger partial charge in [0.2, 0.25) is 5.95 Å². The van der Waals surface area contributed by atoms with Gasteiger partial charge in [-0.05, 0) is 44.4 Å². The van der Waals surface area contributed by atoms with Crippen molar-refractivity contribution in [1.29, 1.82) is 0 Å². The molecule has 1 saturated heterocycles. The van der Waals surface area contributed by atoms with Gasteiger partial charge in [0.25, 0.3) is 0 Å². The van der Waals surface area contributed by atoms with Crippen LogP contribution in [0.4, 0.5) is 11.1 Å². The standard InChI is InChI=1S/C16H20N6S/c1-10-3-4-14-13(9-10)18-16(23-14)21-7-5-12(6-8-21)22-11(2)19-20-15(22)17/h3-4,9,12H,5-8H2,1-2H3,(H2,17,20). The Balaban J connectivity index is 1.52. The number of hydrogen-bond donors (Lipinski definition) is 1. The van der Waals surface area contributed by atoms with Crippen LogP contribution in [0.2, 0.25) is 0 Å². The average molecular weight is 328 g/mol. The van der Waals surface area contributed by atoms with Crippen molar-refractivity contribution in [3.05, 3.63) is 29.6 Å². The van der Waals surface area contributed by atoms with Crippen molar-refractivity contribution < 1.29 is 0 Å². The molecular weight excluding hydrogens is 308 g/mol. The SMILES string of the molecule is Cc1ccc2sc(N3CCC(n4c(C)nnc4N)CC3)nc2c1. The third kappa shape index (κ3) is 2.55. The number of anilines is 2. The van der Waals surface area contributed by atoms with E-state index in [9.17, 15) is 0 Å². The maximum Gasteiger partial charge on any atom is 0.222 e. The fraction of sp³-hybridized carbons (Fsp3) is 0.438. The molecule has 2 N–H and O–H groups in total. The number of nitrogens with two attached hydrogens (primary N) is 1. The van der Waals surface area contributed by atoms with Gasteiger partial charge in [0.05, 0.1) is 10.2 Å². The molecule has 4 rings (SSSR count). The number of nitrogens with zero attached hydrogens (tertiary/aromatic N) is 5. The molecule has 6 nitrogen and oxygen atoms in total. The fourth-order valence-electron chi connectivity index (χ4n) is 3.31. The number of fused-ring (bicyclic) bond motifs is 1. The maximum absolute atomic E-state index is 5.95. The highest BCUT2D eigenvalue weighted by Crippen LogP contribution is 2.33. The predicted octanol–water partition coefficient (Wildman–Crippen LogP) is 2.93. The lowest BCUT2D eigenvalue weighted by Crippen LogP contribution is -2.35. The van der Waals surface area contributed by atoms with Gasteiger partial charge in [-0.3, -0.25) is 4.57 Å². The predicted molar refractivity (Wildman–Crippen MR) is 94.0 cm³/mol. The number of nitrogen functional groups attached to an aromatic ring is 1. The zero-order valence-electron chi connectivity index (χ0n) is 13.4. The summed E-state index contributed by atoms with van der Waals surface area (Å²) in [4.78, 5) is 7.19. The maximum atomic E-state index is 5.95. The van der Waals surface area contributed by atoms with Crippen LogP contribution in [0.25, 0.3) is 10.2 Å². The molecule has 120 valence electrons. The van der Waals surface area contributed by atoms with Gasteiger partial charge in [-0.2, -0.15) is 0 Å². The minimum atomic E-state index is 0.387. The first-order chi connectivity index (χ1) is 11.1. The van der Waals surface area contributed by atoms with Crippen molar-refractivity contribution in [3.8, 4) is 0 Å². The van der Waals surface area contributed by atoms with Crippen LogP contribution in [-0.4, -0.2) is 32.8 Å². The molecule has 7 heteroatoms. The molecule has 0 spiro atoms. The Kier molecular flexibility index (Phi) is 3.45. The minimum absolute atomic E-state index is 0.387. The van der Waals surface area contributed by atoms with Gasteiger partial charge >= 0.3 is 0 Å². The van der Waals surface area contributed by atoms with Crippen LogP contribution in [0.3, 0.4) is 0 Å². The van der Waals surface area contributed by atoms with Crippen molar-refractivity contribution in [2.24, 2.45) is 0 Å². The number of aryl methyl sites for hydroxylation is 2. The zero-order valence-corrected chi connectivity index (χ0v) is 14.2. The first-order valence-electron chi connectivity index (χ1n) is 7.91. The molecule has 0 unspecified atom stereocenters. The second-order valence-corrected chi connectivity index (χ2v) is 7.17. The van der Waals surface area contributed by atoms with Gasteiger partial charge in [0.15, 0.2) is 5.13 Å². The number of thiazole rings is 1. The molecule has 2 aromatic heterocycles. The summed E-state index contributed by atoms with van der Waals surface area (Å²) in [5, 5.41) is 9.16. The van der Waals surface area contributed by atoms with Gasteiger partial charge in [0, 0.05) is 19.1 Å². The van der Waals surface area contributed by atoms with Crippen LogP contribution >= 0.6 is 11.3 Å². The summed E-state index contributed by atoms with van der Waals surface area (Å²) >= 11 is 1.78. The summed E-state index contributed by atoms with van der Waals surface area (Å²) in [7, 11) is 0. The molecule has 0 aliphatic carbocycles. The molecule has 0 saturated carbocycles. The summed E-state index contributed by atoms with van der Waals surface area (Å²) < 4.78 is 3.32. The first kappa shape index (κ1) is 14.4. The second-order valence-electron chi connectivity index (χ2n) is 6.16. The molecule has 1 aromatic carbocycles. The first-order valence-corrected chi connectivity index (χ1v) is 8.72. The van der Waals surface area contributed by atoms with Crippen LogP contribution in [0.5, 0.6) is 0 Å². The van der Waals surface area contributed by atoms with Gasteiger partial charge in [-0.25, -0.2) is 4.98 Å². The molecule has 1 aliphatic heterocycles. The largest absolute Gasteiger partial charge is 0.368 e. The van der Waals surface area contributed by atoms with E-state index in [-0.39, 0.29) is 0 Å². The van der Waals surface area contributed by atoms with Gasteiger partial charge in [-0.1, -0.05) is 17.4 Å². The highest BCUT2D eigenvalue weighted by atomic mass is 32.1. The zero-order chi connectivity index (χ0) is 16.0. The topological polar surface area (TPSA) is 72.9 Å². The average Bonchev–Trinajstić information content (AvgIpc) is 3.10. The third-order valence-corrected chi connectivity index (χ3v) is 5.62. The van der Waals surface area contributed by atoms with E-state index in [0.717, 1.165) is 42.4 Å². The van der Waals surface area contributed by atoms with Crippen LogP contribution < -0.4 is 10.6 Å². The third-order valence-electron chi connectivity index (χ3n) is 4.52. The highest BCUT2D eigenvalue weighted by Gasteiger charge is 2.25. The molecule has 3 aromatic rings. The lowest BCUT2D eigenvalue weighted by molar-refractivity contribution is 0.393. The monoisotopic (exact) mass is 328 g/mol. The van der Waals surface area contributed by atoms with Gasteiger partial charge < -0.3 is 10.6 Å². The van der Waals surface area contributed by atoms with Crippen LogP contribution in [0, 0.1) is 13.8 Å². The van der Waals surface area contributed by atoms with Crippen molar-refractivity contribution in [3.63, 3.8) is 0 Å². The van der Waals surface area contributed by atoms with E-state index in [1.165, 1.54) is 10.3 Å². The molecule has 0 amide bonds. The number of aromatic nitrogens is 4. The lowest BCUT2D eigenvalue weighted by atomic mass is 10.1. The van der Waals surface area contributed by atoms with E-state index in [1.807, 2.05) is 6.92 Å². The molecule has 0 atom stereocenters. The van der Waals surface area contributed by atoms with E-state index < -0.39 is 0 Å². The van der Waals surface area contributed by atoms with Crippen molar-refractivity contribution >= 4 is 32.6 Å². The van der Waals surface area contributed by atoms with Gasteiger partial charge in [0.1, 0.15) is 5.82 Å². The lowest BCUT2D eigenvalue weighted by Gasteiger charge is -2.32. The summed E-state index contributed by atoms with van der Waals surface area (Å²) in [5.74, 6) is 1.42. The fourth-order valence-corrected chi connectivity index (χ4v) is 4.31. The number of rotatable bonds is 2. The Hall–Kier alpha value is -2.15. The minimum Gasteiger partial charge on any atom is -0.368 e. The normalized spacial score (nSPS) is 16.3. The van der Waals surface area contributed by atoms with E-state index in [2.05, 4.69) is 44.8 Å². The summed E-state index contributed by atoms with van der Waals surface area (Å²) in [6.45, 7) is 6.04. The molecule has 3 heterocycles. The van der Waals surface area contributed by atoms with Crippen molar-refractivity contribution in [2.45, 2.75) is 32.7 Å². The van der Waals surface area contributed by atoms with E-state index in [1.54, 1.807) is 11.3 Å². The smallest absolute Gasteiger partial charge is 0.222 e. The van der Waals surface area contributed by atoms with Crippen molar-refractivity contribution in [2.75, 3.05) is 23.7 Å². The summed E-state index contributed by atoms with van der Waals surface area (Å²) in [6, 6.07) is 6.86. The Labute approximate surface area is 139 Å². The van der Waals surface area contributed by atoms with E-state index in [0.29, 0.717) is 12.0 Å². The van der Waals surface area contributed by atoms with E-state index in [4.69, 9.17) is 10.7 Å². The van der Waals surface area contributed by atoms with Gasteiger partial charge in [-0.15, -0.1) is 10.2 Å². The Morgan fingerprint density at radius 1 is 1.17 bits per heavy atom. The summed E-state index contributed by atoms with van der Waals surface area (Å²) in [6.07, 6.45) is 2.08. The summed E-state index contributed by atoms with van der Waals surface area (Å²) in [5.41, 5.74) is 8.31. The Morgan fingerprint density at radius 2 is 1.96 bits per heavy atom. The number of piperidine rings is 1.